The molecular formula is C18H16F3N3O. The van der Waals surface area contributed by atoms with Crippen molar-refractivity contribution in [3.8, 4) is 6.07 Å². The number of nitriles is 1. The van der Waals surface area contributed by atoms with Crippen molar-refractivity contribution in [2.45, 2.75) is 25.2 Å². The van der Waals surface area contributed by atoms with Gasteiger partial charge in [0.1, 0.15) is 5.54 Å². The van der Waals surface area contributed by atoms with Crippen molar-refractivity contribution in [3.05, 3.63) is 70.8 Å². The summed E-state index contributed by atoms with van der Waals surface area (Å²) in [6, 6.07) is 13.1. The summed E-state index contributed by atoms with van der Waals surface area (Å²) in [6.45, 7) is 1.63. The van der Waals surface area contributed by atoms with Gasteiger partial charge in [0, 0.05) is 6.54 Å². The smallest absolute Gasteiger partial charge is 0.368 e. The number of primary amides is 1. The summed E-state index contributed by atoms with van der Waals surface area (Å²) in [5.41, 5.74) is 4.50. The van der Waals surface area contributed by atoms with Crippen LogP contribution in [0.1, 0.15) is 29.2 Å². The Morgan fingerprint density at radius 1 is 1.16 bits per heavy atom. The highest BCUT2D eigenvalue weighted by Gasteiger charge is 2.36. The SMILES string of the molecule is C[C@@](NCc1ccc(C#N)cc1)(C(N)=O)c1cccc(C(F)(F)F)c1. The van der Waals surface area contributed by atoms with Gasteiger partial charge in [0.05, 0.1) is 17.2 Å². The maximum atomic E-state index is 12.9. The van der Waals surface area contributed by atoms with Crippen molar-refractivity contribution >= 4 is 5.91 Å². The molecule has 0 saturated carbocycles. The van der Waals surface area contributed by atoms with Crippen molar-refractivity contribution in [3.63, 3.8) is 0 Å². The number of nitrogens with two attached hydrogens (primary N) is 1. The highest BCUT2D eigenvalue weighted by atomic mass is 19.4. The molecule has 1 atom stereocenters. The molecule has 0 fully saturated rings. The average Bonchev–Trinajstić information content (AvgIpc) is 2.59. The van der Waals surface area contributed by atoms with Gasteiger partial charge in [-0.3, -0.25) is 10.1 Å². The van der Waals surface area contributed by atoms with Gasteiger partial charge in [0.15, 0.2) is 0 Å². The number of halogens is 3. The maximum Gasteiger partial charge on any atom is 0.416 e. The fourth-order valence-electron chi connectivity index (χ4n) is 2.31. The molecule has 2 rings (SSSR count). The van der Waals surface area contributed by atoms with Crippen LogP contribution in [-0.4, -0.2) is 5.91 Å². The molecule has 1 amide bonds. The van der Waals surface area contributed by atoms with Crippen LogP contribution >= 0.6 is 0 Å². The van der Waals surface area contributed by atoms with E-state index in [1.165, 1.54) is 19.1 Å². The Bertz CT molecular complexity index is 810. The first-order chi connectivity index (χ1) is 11.7. The van der Waals surface area contributed by atoms with Crippen LogP contribution in [0, 0.1) is 11.3 Å². The quantitative estimate of drug-likeness (QED) is 0.872. The van der Waals surface area contributed by atoms with Crippen LogP contribution in [0.25, 0.3) is 0 Å². The van der Waals surface area contributed by atoms with Crippen LogP contribution in [0.15, 0.2) is 48.5 Å². The van der Waals surface area contributed by atoms with Gasteiger partial charge in [-0.05, 0) is 42.3 Å². The van der Waals surface area contributed by atoms with Crippen LogP contribution in [-0.2, 0) is 23.1 Å². The summed E-state index contributed by atoms with van der Waals surface area (Å²) in [5, 5.41) is 11.7. The Balaban J connectivity index is 2.29. The van der Waals surface area contributed by atoms with Crippen molar-refractivity contribution in [1.29, 1.82) is 5.26 Å². The van der Waals surface area contributed by atoms with E-state index < -0.39 is 23.2 Å². The first kappa shape index (κ1) is 18.5. The molecule has 0 bridgehead atoms. The molecule has 0 aliphatic carbocycles. The molecule has 2 aromatic rings. The number of alkyl halides is 3. The lowest BCUT2D eigenvalue weighted by Crippen LogP contribution is -2.50. The van der Waals surface area contributed by atoms with Crippen molar-refractivity contribution in [2.75, 3.05) is 0 Å². The predicted octanol–water partition coefficient (Wildman–Crippen LogP) is 3.07. The van der Waals surface area contributed by atoms with Gasteiger partial charge in [0.25, 0.3) is 0 Å². The zero-order chi connectivity index (χ0) is 18.7. The van der Waals surface area contributed by atoms with Gasteiger partial charge in [-0.2, -0.15) is 18.4 Å². The number of rotatable bonds is 5. The first-order valence-corrected chi connectivity index (χ1v) is 7.38. The Kier molecular flexibility index (Phi) is 5.14. The molecule has 0 aliphatic heterocycles. The van der Waals surface area contributed by atoms with Gasteiger partial charge >= 0.3 is 6.18 Å². The lowest BCUT2D eigenvalue weighted by molar-refractivity contribution is -0.138. The van der Waals surface area contributed by atoms with E-state index in [0.717, 1.165) is 17.7 Å². The summed E-state index contributed by atoms with van der Waals surface area (Å²) >= 11 is 0. The number of carbonyl (C=O) groups excluding carboxylic acids is 1. The zero-order valence-electron chi connectivity index (χ0n) is 13.4. The van der Waals surface area contributed by atoms with E-state index >= 15 is 0 Å². The van der Waals surface area contributed by atoms with Crippen LogP contribution in [0.5, 0.6) is 0 Å². The second-order valence-corrected chi connectivity index (χ2v) is 5.73. The molecule has 3 N–H and O–H groups in total. The minimum atomic E-state index is -4.51. The summed E-state index contributed by atoms with van der Waals surface area (Å²) in [7, 11) is 0. The molecule has 0 saturated heterocycles. The second-order valence-electron chi connectivity index (χ2n) is 5.73. The lowest BCUT2D eigenvalue weighted by Gasteiger charge is -2.29. The average molecular weight is 347 g/mol. The summed E-state index contributed by atoms with van der Waals surface area (Å²) < 4.78 is 38.7. The Morgan fingerprint density at radius 3 is 2.28 bits per heavy atom. The second kappa shape index (κ2) is 6.95. The van der Waals surface area contributed by atoms with Crippen LogP contribution in [0.4, 0.5) is 13.2 Å². The number of carbonyl (C=O) groups is 1. The number of hydrogen-bond acceptors (Lipinski definition) is 3. The third kappa shape index (κ3) is 4.17. The van der Waals surface area contributed by atoms with E-state index in [2.05, 4.69) is 5.32 Å². The molecule has 0 spiro atoms. The van der Waals surface area contributed by atoms with Crippen LogP contribution in [0.3, 0.4) is 0 Å². The van der Waals surface area contributed by atoms with Gasteiger partial charge in [-0.25, -0.2) is 0 Å². The van der Waals surface area contributed by atoms with Crippen LogP contribution < -0.4 is 11.1 Å². The zero-order valence-corrected chi connectivity index (χ0v) is 13.4. The standard InChI is InChI=1S/C18H16F3N3O/c1-17(16(23)25,14-3-2-4-15(9-14)18(19,20)21)24-11-13-7-5-12(10-22)6-8-13/h2-9,24H,11H2,1H3,(H2,23,25)/t17-/m0/s1. The number of amides is 1. The molecular weight excluding hydrogens is 331 g/mol. The van der Waals surface area contributed by atoms with E-state index in [-0.39, 0.29) is 12.1 Å². The van der Waals surface area contributed by atoms with Gasteiger partial charge in [-0.15, -0.1) is 0 Å². The number of nitrogens with one attached hydrogen (secondary N) is 1. The van der Waals surface area contributed by atoms with Crippen molar-refractivity contribution < 1.29 is 18.0 Å². The topological polar surface area (TPSA) is 78.9 Å². The molecule has 7 heteroatoms. The van der Waals surface area contributed by atoms with Crippen molar-refractivity contribution in [2.24, 2.45) is 5.73 Å². The maximum absolute atomic E-state index is 12.9. The van der Waals surface area contributed by atoms with E-state index in [1.54, 1.807) is 24.3 Å². The van der Waals surface area contributed by atoms with E-state index in [0.29, 0.717) is 5.56 Å². The minimum absolute atomic E-state index is 0.128. The van der Waals surface area contributed by atoms with Crippen molar-refractivity contribution in [1.82, 2.24) is 5.32 Å². The number of benzene rings is 2. The molecule has 0 aliphatic rings. The molecule has 0 heterocycles. The number of nitrogens with zero attached hydrogens (tertiary/aromatic N) is 1. The van der Waals surface area contributed by atoms with E-state index in [4.69, 9.17) is 11.0 Å². The van der Waals surface area contributed by atoms with E-state index in [9.17, 15) is 18.0 Å². The van der Waals surface area contributed by atoms with Gasteiger partial charge < -0.3 is 5.73 Å². The fourth-order valence-corrected chi connectivity index (χ4v) is 2.31. The summed E-state index contributed by atoms with van der Waals surface area (Å²) in [5.74, 6) is -0.791. The highest BCUT2D eigenvalue weighted by molar-refractivity contribution is 5.85. The molecule has 130 valence electrons. The summed E-state index contributed by atoms with van der Waals surface area (Å²) in [6.07, 6.45) is -4.51. The Hall–Kier alpha value is -2.85. The largest absolute Gasteiger partial charge is 0.416 e. The van der Waals surface area contributed by atoms with Gasteiger partial charge in [0.2, 0.25) is 5.91 Å². The minimum Gasteiger partial charge on any atom is -0.368 e. The lowest BCUT2D eigenvalue weighted by atomic mass is 9.89. The first-order valence-electron chi connectivity index (χ1n) is 7.38. The van der Waals surface area contributed by atoms with Crippen LogP contribution in [0.2, 0.25) is 0 Å². The molecule has 4 nitrogen and oxygen atoms in total. The third-order valence-corrected chi connectivity index (χ3v) is 3.99. The van der Waals surface area contributed by atoms with E-state index in [1.807, 2.05) is 6.07 Å². The summed E-state index contributed by atoms with van der Waals surface area (Å²) in [4.78, 5) is 11.9. The molecule has 2 aromatic carbocycles. The Labute approximate surface area is 143 Å². The Morgan fingerprint density at radius 2 is 1.76 bits per heavy atom. The number of hydrogen-bond donors (Lipinski definition) is 2. The molecule has 25 heavy (non-hydrogen) atoms. The molecule has 0 radical (unpaired) electrons. The predicted molar refractivity (Wildman–Crippen MR) is 86.0 cm³/mol. The third-order valence-electron chi connectivity index (χ3n) is 3.99. The molecule has 0 aromatic heterocycles. The molecule has 0 unspecified atom stereocenters. The highest BCUT2D eigenvalue weighted by Crippen LogP contribution is 2.32. The normalized spacial score (nSPS) is 13.7. The van der Waals surface area contributed by atoms with Gasteiger partial charge in [-0.1, -0.05) is 24.3 Å². The monoisotopic (exact) mass is 347 g/mol. The fraction of sp³-hybridized carbons (Fsp3) is 0.222.